The van der Waals surface area contributed by atoms with Gasteiger partial charge in [-0.05, 0) is 29.8 Å². The van der Waals surface area contributed by atoms with Crippen molar-refractivity contribution >= 4 is 30.5 Å². The van der Waals surface area contributed by atoms with Gasteiger partial charge in [0.25, 0.3) is 5.56 Å². The van der Waals surface area contributed by atoms with Gasteiger partial charge in [0.2, 0.25) is 5.95 Å². The van der Waals surface area contributed by atoms with E-state index in [9.17, 15) is 14.2 Å². The molecule has 0 spiro atoms. The number of aromatic nitrogens is 4. The summed E-state index contributed by atoms with van der Waals surface area (Å²) in [5.74, 6) is 0.264. The molecule has 4 aromatic rings. The lowest BCUT2D eigenvalue weighted by Crippen LogP contribution is -2.15. The monoisotopic (exact) mass is 541 g/mol. The van der Waals surface area contributed by atoms with Crippen molar-refractivity contribution < 1.29 is 27.9 Å². The number of carbonyl (C=O) groups excluding carboxylic acids is 1. The lowest BCUT2D eigenvalue weighted by atomic mass is 10.1. The normalized spacial score (nSPS) is 12.9. The highest BCUT2D eigenvalue weighted by Gasteiger charge is 2.26. The number of benzene rings is 2. The van der Waals surface area contributed by atoms with Gasteiger partial charge in [0.05, 0.1) is 39.4 Å². The zero-order chi connectivity index (χ0) is 27.0. The van der Waals surface area contributed by atoms with Crippen molar-refractivity contribution in [2.24, 2.45) is 0 Å². The number of carbonyl (C=O) groups is 1. The van der Waals surface area contributed by atoms with Crippen molar-refractivity contribution in [1.29, 1.82) is 0 Å². The minimum absolute atomic E-state index is 0.0111. The summed E-state index contributed by atoms with van der Waals surface area (Å²) in [6.45, 7) is 0.228. The van der Waals surface area contributed by atoms with Gasteiger partial charge < -0.3 is 28.8 Å². The maximum Gasteiger partial charge on any atom is 0.333 e. The van der Waals surface area contributed by atoms with E-state index in [1.165, 1.54) is 13.4 Å². The van der Waals surface area contributed by atoms with Crippen LogP contribution in [0, 0.1) is 0 Å². The number of aromatic amines is 1. The number of rotatable bonds is 14. The third-order valence-electron chi connectivity index (χ3n) is 5.55. The number of nitrogens with one attached hydrogen (secondary N) is 1. The van der Waals surface area contributed by atoms with Crippen LogP contribution in [-0.4, -0.2) is 58.4 Å². The number of ketones is 1. The van der Waals surface area contributed by atoms with Gasteiger partial charge in [0.15, 0.2) is 16.9 Å². The molecule has 200 valence electrons. The fourth-order valence-electron chi connectivity index (χ4n) is 3.51. The molecule has 0 saturated heterocycles. The van der Waals surface area contributed by atoms with Crippen LogP contribution in [-0.2, 0) is 31.5 Å². The van der Waals surface area contributed by atoms with Crippen LogP contribution in [0.4, 0.5) is 5.95 Å². The summed E-state index contributed by atoms with van der Waals surface area (Å²) >= 11 is 0. The number of anilines is 1. The number of ether oxygens (including phenoxy) is 2. The number of H-pyrrole nitrogens is 1. The maximum absolute atomic E-state index is 13.5. The quantitative estimate of drug-likeness (QED) is 0.138. The summed E-state index contributed by atoms with van der Waals surface area (Å²) < 4.78 is 37.1. The number of methoxy groups -OCH3 is 1. The number of fused-ring (bicyclic) bond motifs is 1. The van der Waals surface area contributed by atoms with E-state index in [-0.39, 0.29) is 43.2 Å². The highest BCUT2D eigenvalue weighted by Crippen LogP contribution is 2.48. The van der Waals surface area contributed by atoms with Crippen LogP contribution in [0.3, 0.4) is 0 Å². The number of nitrogens with two attached hydrogens (primary N) is 1. The first-order valence-corrected chi connectivity index (χ1v) is 13.5. The molecule has 0 aliphatic heterocycles. The number of nitrogen functional groups attached to an aromatic ring is 1. The van der Waals surface area contributed by atoms with Crippen LogP contribution in [0.25, 0.3) is 11.2 Å². The van der Waals surface area contributed by atoms with Gasteiger partial charge in [0, 0.05) is 12.1 Å². The molecule has 0 saturated carbocycles. The Morgan fingerprint density at radius 2 is 1.84 bits per heavy atom. The molecule has 4 rings (SSSR count). The van der Waals surface area contributed by atoms with E-state index in [0.29, 0.717) is 23.5 Å². The summed E-state index contributed by atoms with van der Waals surface area (Å²) in [6, 6.07) is 15.8. The second-order valence-corrected chi connectivity index (χ2v) is 10.4. The third-order valence-corrected chi connectivity index (χ3v) is 7.33. The molecule has 0 bridgehead atoms. The van der Waals surface area contributed by atoms with E-state index >= 15 is 0 Å². The highest BCUT2D eigenvalue weighted by molar-refractivity contribution is 7.53. The average Bonchev–Trinajstić information content (AvgIpc) is 3.34. The van der Waals surface area contributed by atoms with Crippen molar-refractivity contribution in [3.8, 4) is 5.75 Å². The molecule has 0 aliphatic carbocycles. The van der Waals surface area contributed by atoms with Crippen molar-refractivity contribution in [2.45, 2.75) is 13.2 Å². The van der Waals surface area contributed by atoms with E-state index in [2.05, 4.69) is 15.0 Å². The number of hydrogen-bond donors (Lipinski definition) is 2. The summed E-state index contributed by atoms with van der Waals surface area (Å²) in [4.78, 5) is 35.1. The zero-order valence-electron chi connectivity index (χ0n) is 20.7. The first kappa shape index (κ1) is 27.2. The van der Waals surface area contributed by atoms with Crippen molar-refractivity contribution in [2.75, 3.05) is 38.8 Å². The number of hydrogen-bond acceptors (Lipinski definition) is 10. The largest absolute Gasteiger partial charge is 0.497 e. The maximum atomic E-state index is 13.5. The van der Waals surface area contributed by atoms with Gasteiger partial charge in [-0.25, -0.2) is 4.98 Å². The van der Waals surface area contributed by atoms with Crippen LogP contribution in [0.5, 0.6) is 5.75 Å². The standard InChI is InChI=1S/C25H28N5O7P/c1-34-20-9-7-19(8-10-20)21(31)16-37-38(33,36-15-18-5-3-2-4-6-18)14-13-35-12-11-30-17-27-22-23(30)28-25(26)29-24(22)32/h2-10,17H,11-16H2,1H3,(H3,26,28,29,32). The molecule has 3 N–H and O–H groups in total. The predicted octanol–water partition coefficient (Wildman–Crippen LogP) is 3.04. The predicted molar refractivity (Wildman–Crippen MR) is 140 cm³/mol. The van der Waals surface area contributed by atoms with E-state index in [1.807, 2.05) is 30.3 Å². The van der Waals surface area contributed by atoms with Crippen LogP contribution in [0.1, 0.15) is 15.9 Å². The Balaban J connectivity index is 1.33. The first-order chi connectivity index (χ1) is 18.4. The van der Waals surface area contributed by atoms with Crippen molar-refractivity contribution in [3.63, 3.8) is 0 Å². The molecule has 1 atom stereocenters. The molecular weight excluding hydrogens is 513 g/mol. The van der Waals surface area contributed by atoms with Gasteiger partial charge in [0.1, 0.15) is 12.4 Å². The molecule has 2 heterocycles. The second-order valence-electron chi connectivity index (χ2n) is 8.19. The first-order valence-electron chi connectivity index (χ1n) is 11.7. The van der Waals surface area contributed by atoms with Crippen LogP contribution >= 0.6 is 7.60 Å². The fourth-order valence-corrected chi connectivity index (χ4v) is 4.85. The summed E-state index contributed by atoms with van der Waals surface area (Å²) in [7, 11) is -2.16. The minimum Gasteiger partial charge on any atom is -0.497 e. The Morgan fingerprint density at radius 1 is 1.08 bits per heavy atom. The average molecular weight is 542 g/mol. The summed E-state index contributed by atoms with van der Waals surface area (Å²) in [6.07, 6.45) is 1.41. The Bertz CT molecular complexity index is 1470. The van der Waals surface area contributed by atoms with Crippen molar-refractivity contribution in [1.82, 2.24) is 19.5 Å². The third kappa shape index (κ3) is 7.14. The molecule has 38 heavy (non-hydrogen) atoms. The molecule has 2 aromatic heterocycles. The molecule has 2 aromatic carbocycles. The van der Waals surface area contributed by atoms with Crippen LogP contribution in [0.2, 0.25) is 0 Å². The van der Waals surface area contributed by atoms with E-state index in [4.69, 9.17) is 24.3 Å². The zero-order valence-corrected chi connectivity index (χ0v) is 21.6. The summed E-state index contributed by atoms with van der Waals surface area (Å²) in [5, 5.41) is 0. The van der Waals surface area contributed by atoms with Gasteiger partial charge in [-0.3, -0.25) is 19.1 Å². The smallest absolute Gasteiger partial charge is 0.333 e. The Morgan fingerprint density at radius 3 is 2.58 bits per heavy atom. The van der Waals surface area contributed by atoms with Gasteiger partial charge in [-0.2, -0.15) is 4.98 Å². The van der Waals surface area contributed by atoms with Gasteiger partial charge >= 0.3 is 7.60 Å². The lowest BCUT2D eigenvalue weighted by molar-refractivity contribution is 0.0885. The second kappa shape index (κ2) is 12.6. The van der Waals surface area contributed by atoms with E-state index < -0.39 is 19.8 Å². The molecule has 0 radical (unpaired) electrons. The van der Waals surface area contributed by atoms with Crippen LogP contribution in [0.15, 0.2) is 65.7 Å². The van der Waals surface area contributed by atoms with Gasteiger partial charge in [-0.1, -0.05) is 30.3 Å². The van der Waals surface area contributed by atoms with E-state index in [1.54, 1.807) is 28.8 Å². The number of imidazole rings is 1. The molecule has 0 amide bonds. The molecular formula is C25H28N5O7P. The fraction of sp³-hybridized carbons (Fsp3) is 0.280. The van der Waals surface area contributed by atoms with E-state index in [0.717, 1.165) is 5.56 Å². The Labute approximate surface area is 218 Å². The molecule has 13 heteroatoms. The van der Waals surface area contributed by atoms with Crippen LogP contribution < -0.4 is 16.0 Å². The topological polar surface area (TPSA) is 161 Å². The number of nitrogens with zero attached hydrogens (tertiary/aromatic N) is 3. The van der Waals surface area contributed by atoms with Gasteiger partial charge in [-0.15, -0.1) is 0 Å². The number of Topliss-reactive ketones (excluding diaryl/α,β-unsaturated/α-hetero) is 1. The lowest BCUT2D eigenvalue weighted by Gasteiger charge is -2.19. The Hall–Kier alpha value is -3.83. The van der Waals surface area contributed by atoms with Crippen molar-refractivity contribution in [3.05, 3.63) is 82.4 Å². The molecule has 1 unspecified atom stereocenters. The highest BCUT2D eigenvalue weighted by atomic mass is 31.2. The summed E-state index contributed by atoms with van der Waals surface area (Å²) in [5.41, 5.74) is 6.92. The molecule has 12 nitrogen and oxygen atoms in total. The molecule has 0 fully saturated rings. The Kier molecular flexibility index (Phi) is 9.03. The SMILES string of the molecule is COc1ccc(C(=O)COP(=O)(CCOCCn2cnc3c(=O)[nH]c(N)nc32)OCc2ccccc2)cc1. The molecule has 0 aliphatic rings. The minimum atomic E-state index is -3.69.